The third-order valence-electron chi connectivity index (χ3n) is 11.2. The lowest BCUT2D eigenvalue weighted by Gasteiger charge is -2.19. The van der Waals surface area contributed by atoms with Gasteiger partial charge in [-0.1, -0.05) is 229 Å². The Labute approximate surface area is 387 Å². The molecule has 0 rings (SSSR count). The molecule has 0 fully saturated rings. The maximum atomic E-state index is 12.6. The van der Waals surface area contributed by atoms with E-state index >= 15 is 0 Å². The standard InChI is InChI=1S/C53H98NO8P/c1-3-5-7-9-11-12-13-14-15-16-17-18-19-20-21-22-23-24-25-26-27-28-29-30-31-32-33-34-35-36-37-38-40-42-44-46-53(56)62-51(50-61-63(57,58)60-48-47-54)49-59-52(55)45-43-41-39-10-8-6-4-2/h5,7,11-12,14-15,17-18,51H,3-4,6,8-10,13,16,19-50,54H2,1-2H3,(H,57,58)/b7-5-,12-11-,15-14-,18-17-. The van der Waals surface area contributed by atoms with Crippen LogP contribution in [0, 0.1) is 0 Å². The van der Waals surface area contributed by atoms with Gasteiger partial charge in [-0.05, 0) is 51.4 Å². The molecule has 0 aliphatic heterocycles. The van der Waals surface area contributed by atoms with E-state index < -0.39 is 26.5 Å². The molecule has 368 valence electrons. The number of unbranched alkanes of at least 4 members (excludes halogenated alkanes) is 28. The molecule has 3 N–H and O–H groups in total. The van der Waals surface area contributed by atoms with E-state index in [2.05, 4.69) is 62.5 Å². The second kappa shape index (κ2) is 49.4. The molecule has 63 heavy (non-hydrogen) atoms. The second-order valence-electron chi connectivity index (χ2n) is 17.4. The predicted octanol–water partition coefficient (Wildman–Crippen LogP) is 15.8. The average Bonchev–Trinajstić information content (AvgIpc) is 3.27. The Hall–Kier alpha value is -2.03. The monoisotopic (exact) mass is 908 g/mol. The summed E-state index contributed by atoms with van der Waals surface area (Å²) in [6.45, 7) is 3.59. The van der Waals surface area contributed by atoms with Crippen molar-refractivity contribution in [3.05, 3.63) is 48.6 Å². The molecule has 0 aliphatic rings. The molecule has 2 unspecified atom stereocenters. The molecule has 0 aromatic heterocycles. The summed E-state index contributed by atoms with van der Waals surface area (Å²) in [5, 5.41) is 0. The van der Waals surface area contributed by atoms with Crippen LogP contribution >= 0.6 is 7.82 Å². The molecule has 0 amide bonds. The van der Waals surface area contributed by atoms with Gasteiger partial charge in [0.1, 0.15) is 6.61 Å². The lowest BCUT2D eigenvalue weighted by atomic mass is 10.0. The van der Waals surface area contributed by atoms with Gasteiger partial charge >= 0.3 is 19.8 Å². The van der Waals surface area contributed by atoms with E-state index in [-0.39, 0.29) is 38.6 Å². The van der Waals surface area contributed by atoms with Crippen LogP contribution in [0.3, 0.4) is 0 Å². The normalized spacial score (nSPS) is 13.5. The van der Waals surface area contributed by atoms with Crippen molar-refractivity contribution in [2.75, 3.05) is 26.4 Å². The summed E-state index contributed by atoms with van der Waals surface area (Å²) < 4.78 is 32.7. The highest BCUT2D eigenvalue weighted by Gasteiger charge is 2.26. The molecular weight excluding hydrogens is 810 g/mol. The third-order valence-corrected chi connectivity index (χ3v) is 12.2. The second-order valence-corrected chi connectivity index (χ2v) is 18.8. The number of ether oxygens (including phenoxy) is 2. The Kier molecular flexibility index (Phi) is 47.8. The lowest BCUT2D eigenvalue weighted by molar-refractivity contribution is -0.161. The lowest BCUT2D eigenvalue weighted by Crippen LogP contribution is -2.29. The maximum absolute atomic E-state index is 12.6. The van der Waals surface area contributed by atoms with E-state index in [1.807, 2.05) is 0 Å². The van der Waals surface area contributed by atoms with Gasteiger partial charge in [0.25, 0.3) is 0 Å². The maximum Gasteiger partial charge on any atom is 0.472 e. The van der Waals surface area contributed by atoms with Crippen LogP contribution in [0.5, 0.6) is 0 Å². The first-order valence-corrected chi connectivity index (χ1v) is 27.6. The number of phosphoric acid groups is 1. The Morgan fingerprint density at radius 2 is 0.873 bits per heavy atom. The molecule has 9 nitrogen and oxygen atoms in total. The number of rotatable bonds is 49. The molecule has 0 radical (unpaired) electrons. The van der Waals surface area contributed by atoms with Gasteiger partial charge in [-0.2, -0.15) is 0 Å². The highest BCUT2D eigenvalue weighted by Crippen LogP contribution is 2.43. The van der Waals surface area contributed by atoms with Gasteiger partial charge in [0.05, 0.1) is 13.2 Å². The van der Waals surface area contributed by atoms with Crippen molar-refractivity contribution in [2.24, 2.45) is 5.73 Å². The van der Waals surface area contributed by atoms with Crippen molar-refractivity contribution < 1.29 is 37.6 Å². The van der Waals surface area contributed by atoms with Gasteiger partial charge in [-0.3, -0.25) is 18.6 Å². The third kappa shape index (κ3) is 49.2. The van der Waals surface area contributed by atoms with Crippen LogP contribution in [0.2, 0.25) is 0 Å². The first kappa shape index (κ1) is 61.0. The fraction of sp³-hybridized carbons (Fsp3) is 0.811. The minimum Gasteiger partial charge on any atom is -0.462 e. The minimum atomic E-state index is -4.37. The van der Waals surface area contributed by atoms with Crippen molar-refractivity contribution in [1.82, 2.24) is 0 Å². The number of hydrogen-bond donors (Lipinski definition) is 2. The molecule has 0 bridgehead atoms. The van der Waals surface area contributed by atoms with Gasteiger partial charge in [0, 0.05) is 19.4 Å². The zero-order valence-corrected chi connectivity index (χ0v) is 41.7. The zero-order chi connectivity index (χ0) is 46.0. The molecule has 0 aromatic rings. The van der Waals surface area contributed by atoms with Crippen LogP contribution in [0.1, 0.15) is 245 Å². The largest absolute Gasteiger partial charge is 0.472 e. The number of nitrogens with two attached hydrogens (primary N) is 1. The van der Waals surface area contributed by atoms with Crippen LogP contribution < -0.4 is 5.73 Å². The zero-order valence-electron chi connectivity index (χ0n) is 40.8. The van der Waals surface area contributed by atoms with Gasteiger partial charge < -0.3 is 20.1 Å². The van der Waals surface area contributed by atoms with E-state index in [1.165, 1.54) is 154 Å². The molecule has 0 saturated heterocycles. The topological polar surface area (TPSA) is 134 Å². The van der Waals surface area contributed by atoms with Crippen molar-refractivity contribution in [2.45, 2.75) is 251 Å². The van der Waals surface area contributed by atoms with Crippen LogP contribution in [0.4, 0.5) is 0 Å². The summed E-state index contributed by atoms with van der Waals surface area (Å²) in [5.74, 6) is -0.826. The molecular formula is C53H98NO8P. The van der Waals surface area contributed by atoms with Crippen molar-refractivity contribution in [3.8, 4) is 0 Å². The smallest absolute Gasteiger partial charge is 0.462 e. The molecule has 2 atom stereocenters. The van der Waals surface area contributed by atoms with Crippen LogP contribution in [0.25, 0.3) is 0 Å². The molecule has 0 aromatic carbocycles. The Balaban J connectivity index is 3.72. The summed E-state index contributed by atoms with van der Waals surface area (Å²) in [6, 6.07) is 0. The summed E-state index contributed by atoms with van der Waals surface area (Å²) in [4.78, 5) is 34.7. The van der Waals surface area contributed by atoms with Gasteiger partial charge in [-0.15, -0.1) is 0 Å². The molecule has 0 aliphatic carbocycles. The highest BCUT2D eigenvalue weighted by atomic mass is 31.2. The number of hydrogen-bond acceptors (Lipinski definition) is 8. The van der Waals surface area contributed by atoms with Crippen molar-refractivity contribution in [1.29, 1.82) is 0 Å². The first-order chi connectivity index (χ1) is 30.8. The molecule has 0 saturated carbocycles. The summed E-state index contributed by atoms with van der Waals surface area (Å²) in [7, 11) is -4.37. The number of carbonyl (C=O) groups is 2. The molecule has 0 spiro atoms. The van der Waals surface area contributed by atoms with Crippen LogP contribution in [-0.4, -0.2) is 49.3 Å². The fourth-order valence-electron chi connectivity index (χ4n) is 7.39. The van der Waals surface area contributed by atoms with Crippen molar-refractivity contribution >= 4 is 19.8 Å². The van der Waals surface area contributed by atoms with Gasteiger partial charge in [0.2, 0.25) is 0 Å². The number of carbonyl (C=O) groups excluding carboxylic acids is 2. The van der Waals surface area contributed by atoms with Crippen LogP contribution in [-0.2, 0) is 32.7 Å². The number of allylic oxidation sites excluding steroid dienone is 8. The van der Waals surface area contributed by atoms with Gasteiger partial charge in [0.15, 0.2) is 6.10 Å². The molecule has 0 heterocycles. The SMILES string of the molecule is CC/C=C\C/C=C\C/C=C\C/C=C\CCCCCCCCCCCCCCCCCCCCCCCCC(=O)OC(COC(=O)CCCCCCCCC)COP(=O)(O)OCCN. The van der Waals surface area contributed by atoms with Crippen LogP contribution in [0.15, 0.2) is 48.6 Å². The molecule has 10 heteroatoms. The summed E-state index contributed by atoms with van der Waals surface area (Å²) in [6.07, 6.45) is 59.3. The summed E-state index contributed by atoms with van der Waals surface area (Å²) in [5.41, 5.74) is 5.35. The average molecular weight is 908 g/mol. The van der Waals surface area contributed by atoms with E-state index in [9.17, 15) is 19.0 Å². The Morgan fingerprint density at radius 3 is 1.30 bits per heavy atom. The number of phosphoric ester groups is 1. The van der Waals surface area contributed by atoms with E-state index in [0.29, 0.717) is 6.42 Å². The quantitative estimate of drug-likeness (QED) is 0.0265. The number of esters is 2. The van der Waals surface area contributed by atoms with E-state index in [0.717, 1.165) is 57.8 Å². The fourth-order valence-corrected chi connectivity index (χ4v) is 8.16. The van der Waals surface area contributed by atoms with Crippen molar-refractivity contribution in [3.63, 3.8) is 0 Å². The van der Waals surface area contributed by atoms with E-state index in [4.69, 9.17) is 24.3 Å². The van der Waals surface area contributed by atoms with Gasteiger partial charge in [-0.25, -0.2) is 4.57 Å². The van der Waals surface area contributed by atoms with E-state index in [1.54, 1.807) is 0 Å². The minimum absolute atomic E-state index is 0.0551. The first-order valence-electron chi connectivity index (χ1n) is 26.1. The Bertz CT molecular complexity index is 1170. The highest BCUT2D eigenvalue weighted by molar-refractivity contribution is 7.47. The Morgan fingerprint density at radius 1 is 0.492 bits per heavy atom. The summed E-state index contributed by atoms with van der Waals surface area (Å²) >= 11 is 0. The predicted molar refractivity (Wildman–Crippen MR) is 266 cm³/mol.